The largest absolute Gasteiger partial charge is 0.497 e. The second-order valence-electron chi connectivity index (χ2n) is 16.6. The van der Waals surface area contributed by atoms with E-state index in [-0.39, 0.29) is 25.3 Å². The number of methoxy groups -OCH3 is 2. The molecular formula is C38H52N6O10S. The minimum absolute atomic E-state index is 0.0277. The van der Waals surface area contributed by atoms with Crippen molar-refractivity contribution in [2.24, 2.45) is 16.7 Å². The van der Waals surface area contributed by atoms with Crippen LogP contribution in [0.2, 0.25) is 0 Å². The van der Waals surface area contributed by atoms with E-state index in [0.29, 0.717) is 24.0 Å². The van der Waals surface area contributed by atoms with Gasteiger partial charge in [-0.25, -0.2) is 23.0 Å². The number of pyridine rings is 1. The maximum Gasteiger partial charge on any atom is 0.328 e. The number of fused-ring (bicyclic) bond motifs is 1. The molecule has 1 aliphatic heterocycles. The van der Waals surface area contributed by atoms with Crippen molar-refractivity contribution < 1.29 is 46.6 Å². The first-order valence-electron chi connectivity index (χ1n) is 18.2. The molecule has 17 heteroatoms. The Morgan fingerprint density at radius 1 is 1.00 bits per heavy atom. The lowest BCUT2D eigenvalue weighted by Gasteiger charge is -2.36. The first-order chi connectivity index (χ1) is 25.6. The van der Waals surface area contributed by atoms with Crippen molar-refractivity contribution in [2.45, 2.75) is 102 Å². The predicted molar refractivity (Wildman–Crippen MR) is 202 cm³/mol. The van der Waals surface area contributed by atoms with Crippen LogP contribution in [0.1, 0.15) is 67.2 Å². The molecular weight excluding hydrogens is 733 g/mol. The molecule has 5 amide bonds. The maximum atomic E-state index is 14.7. The number of hydrogen-bond donors (Lipinski definition) is 4. The highest BCUT2D eigenvalue weighted by atomic mass is 32.2. The van der Waals surface area contributed by atoms with Crippen molar-refractivity contribution in [2.75, 3.05) is 20.8 Å². The normalized spacial score (nSPS) is 23.5. The minimum atomic E-state index is -3.93. The van der Waals surface area contributed by atoms with Crippen LogP contribution in [0.5, 0.6) is 11.6 Å². The van der Waals surface area contributed by atoms with Gasteiger partial charge in [-0.2, -0.15) is 0 Å². The summed E-state index contributed by atoms with van der Waals surface area (Å²) in [5, 5.41) is 8.90. The number of benzene rings is 1. The number of sulfonamides is 1. The number of nitrogens with one attached hydrogen (secondary N) is 4. The van der Waals surface area contributed by atoms with Crippen molar-refractivity contribution in [3.05, 3.63) is 43.1 Å². The molecule has 1 aromatic heterocycles. The molecule has 0 unspecified atom stereocenters. The summed E-state index contributed by atoms with van der Waals surface area (Å²) in [6, 6.07) is 2.87. The van der Waals surface area contributed by atoms with Gasteiger partial charge in [-0.05, 0) is 59.7 Å². The van der Waals surface area contributed by atoms with E-state index < -0.39 is 91.5 Å². The molecule has 2 aromatic rings. The van der Waals surface area contributed by atoms with Gasteiger partial charge in [-0.3, -0.25) is 19.1 Å². The first-order valence-corrected chi connectivity index (χ1v) is 19.7. The highest BCUT2D eigenvalue weighted by Gasteiger charge is 2.62. The number of carbonyl (C=O) groups is 5. The van der Waals surface area contributed by atoms with Gasteiger partial charge in [0.15, 0.2) is 0 Å². The molecule has 6 atom stereocenters. The summed E-state index contributed by atoms with van der Waals surface area (Å²) in [6.07, 6.45) is 3.23. The highest BCUT2D eigenvalue weighted by Crippen LogP contribution is 2.45. The average Bonchev–Trinajstić information content (AvgIpc) is 4.04. The van der Waals surface area contributed by atoms with E-state index in [4.69, 9.17) is 14.2 Å². The first kappa shape index (κ1) is 41.2. The van der Waals surface area contributed by atoms with Crippen molar-refractivity contribution >= 4 is 50.5 Å². The number of carbonyl (C=O) groups excluding carboxylic acids is 5. The number of esters is 1. The number of urea groups is 1. The van der Waals surface area contributed by atoms with Gasteiger partial charge >= 0.3 is 12.0 Å². The van der Waals surface area contributed by atoms with Crippen LogP contribution in [0.15, 0.2) is 43.1 Å². The van der Waals surface area contributed by atoms with Crippen LogP contribution >= 0.6 is 0 Å². The van der Waals surface area contributed by atoms with Gasteiger partial charge in [-0.1, -0.05) is 47.6 Å². The van der Waals surface area contributed by atoms with Crippen LogP contribution in [0.3, 0.4) is 0 Å². The van der Waals surface area contributed by atoms with E-state index in [2.05, 4.69) is 32.2 Å². The Labute approximate surface area is 321 Å². The number of hydrogen-bond acceptors (Lipinski definition) is 11. The number of aromatic nitrogens is 1. The molecule has 0 spiro atoms. The Morgan fingerprint density at radius 2 is 1.65 bits per heavy atom. The number of ether oxygens (including phenoxy) is 3. The summed E-state index contributed by atoms with van der Waals surface area (Å²) in [4.78, 5) is 74.3. The zero-order chi connectivity index (χ0) is 40.7. The Morgan fingerprint density at radius 3 is 2.22 bits per heavy atom. The van der Waals surface area contributed by atoms with Gasteiger partial charge in [0.2, 0.25) is 27.7 Å². The van der Waals surface area contributed by atoms with Crippen molar-refractivity contribution in [1.82, 2.24) is 30.6 Å². The van der Waals surface area contributed by atoms with Gasteiger partial charge in [0.1, 0.15) is 35.5 Å². The zero-order valence-electron chi connectivity index (χ0n) is 32.6. The van der Waals surface area contributed by atoms with Gasteiger partial charge < -0.3 is 35.1 Å². The number of nitrogens with zero attached hydrogens (tertiary/aromatic N) is 2. The fourth-order valence-electron chi connectivity index (χ4n) is 6.77. The predicted octanol–water partition coefficient (Wildman–Crippen LogP) is 2.56. The fraction of sp³-hybridized carbons (Fsp3) is 0.579. The lowest BCUT2D eigenvalue weighted by atomic mass is 9.85. The van der Waals surface area contributed by atoms with E-state index in [1.165, 1.54) is 18.1 Å². The molecule has 3 fully saturated rings. The minimum Gasteiger partial charge on any atom is -0.497 e. The summed E-state index contributed by atoms with van der Waals surface area (Å²) in [6.45, 7) is 14.1. The van der Waals surface area contributed by atoms with Gasteiger partial charge in [0, 0.05) is 23.9 Å². The monoisotopic (exact) mass is 784 g/mol. The van der Waals surface area contributed by atoms with Crippen LogP contribution in [-0.4, -0.2) is 104 Å². The summed E-state index contributed by atoms with van der Waals surface area (Å²) in [5.74, 6) is -2.55. The molecule has 1 aromatic carbocycles. The molecule has 2 aliphatic carbocycles. The Balaban J connectivity index is 1.45. The topological polar surface area (TPSA) is 211 Å². The van der Waals surface area contributed by atoms with Crippen LogP contribution in [0, 0.1) is 16.7 Å². The quantitative estimate of drug-likeness (QED) is 0.171. The van der Waals surface area contributed by atoms with E-state index in [1.807, 2.05) is 6.07 Å². The van der Waals surface area contributed by atoms with Gasteiger partial charge in [-0.15, -0.1) is 6.58 Å². The lowest BCUT2D eigenvalue weighted by Crippen LogP contribution is -2.62. The average molecular weight is 785 g/mol. The van der Waals surface area contributed by atoms with E-state index in [1.54, 1.807) is 73.0 Å². The summed E-state index contributed by atoms with van der Waals surface area (Å²) >= 11 is 0. The van der Waals surface area contributed by atoms with Crippen molar-refractivity contribution in [1.29, 1.82) is 0 Å². The SMILES string of the molecule is C=C[C@H]1C[C@@]1(NC(=O)[C@H]1C[C@@H](Oc2nccc3cc(OC)ccc23)CN1C(=O)[C@@H](NC(=O)N[C@@H](C(=O)OC)C(C)(C)C)C(C)(C)C)C(=O)NS(=O)(=O)C1CC1. The van der Waals surface area contributed by atoms with E-state index >= 15 is 0 Å². The number of likely N-dealkylation sites (tertiary alicyclic amines) is 1. The zero-order valence-corrected chi connectivity index (χ0v) is 33.4. The second kappa shape index (κ2) is 15.3. The smallest absolute Gasteiger partial charge is 0.328 e. The summed E-state index contributed by atoms with van der Waals surface area (Å²) in [7, 11) is -1.16. The maximum absolute atomic E-state index is 14.7. The van der Waals surface area contributed by atoms with Crippen molar-refractivity contribution in [3.8, 4) is 11.6 Å². The second-order valence-corrected chi connectivity index (χ2v) is 18.6. The molecule has 3 aliphatic rings. The van der Waals surface area contributed by atoms with Crippen LogP contribution in [-0.2, 0) is 33.9 Å². The molecule has 4 N–H and O–H groups in total. The molecule has 0 bridgehead atoms. The van der Waals surface area contributed by atoms with Crippen LogP contribution in [0.25, 0.3) is 10.8 Å². The van der Waals surface area contributed by atoms with Gasteiger partial charge in [0.05, 0.1) is 26.0 Å². The summed E-state index contributed by atoms with van der Waals surface area (Å²) < 4.78 is 44.2. The molecule has 0 radical (unpaired) electrons. The molecule has 55 heavy (non-hydrogen) atoms. The Hall–Kier alpha value is -4.93. The fourth-order valence-corrected chi connectivity index (χ4v) is 8.13. The van der Waals surface area contributed by atoms with E-state index in [9.17, 15) is 32.4 Å². The molecule has 2 saturated carbocycles. The van der Waals surface area contributed by atoms with Gasteiger partial charge in [0.25, 0.3) is 5.91 Å². The lowest BCUT2D eigenvalue weighted by molar-refractivity contribution is -0.145. The van der Waals surface area contributed by atoms with Crippen LogP contribution < -0.4 is 30.1 Å². The van der Waals surface area contributed by atoms with Crippen molar-refractivity contribution in [3.63, 3.8) is 0 Å². The Kier molecular flexibility index (Phi) is 11.5. The third-order valence-electron chi connectivity index (χ3n) is 10.3. The van der Waals surface area contributed by atoms with Crippen LogP contribution in [0.4, 0.5) is 4.79 Å². The highest BCUT2D eigenvalue weighted by molar-refractivity contribution is 7.91. The molecule has 300 valence electrons. The molecule has 16 nitrogen and oxygen atoms in total. The van der Waals surface area contributed by atoms with E-state index in [0.717, 1.165) is 5.39 Å². The Bertz CT molecular complexity index is 1970. The standard InChI is InChI=1S/C38H52N6O10S/c1-10-22-19-38(22,34(48)43-55(50,51)25-12-13-25)42-30(45)27-18-24(54-31-26-14-11-23(52-8)17-21(26)15-16-39-31)20-44(27)32(46)28(36(2,3)4)40-35(49)41-29(33(47)53-9)37(5,6)7/h10-11,14-17,22,24-25,27-29H,1,12-13,18-20H2,2-9H3,(H,42,45)(H,43,48)(H2,40,41,49)/t22-,24+,27+,28+,29-,38-/m0/s1. The number of amides is 5. The third kappa shape index (κ3) is 8.97. The molecule has 1 saturated heterocycles. The third-order valence-corrected chi connectivity index (χ3v) is 12.1. The molecule has 2 heterocycles. The summed E-state index contributed by atoms with van der Waals surface area (Å²) in [5.41, 5.74) is -3.24. The number of rotatable bonds is 13. The molecule has 5 rings (SSSR count).